The first-order chi connectivity index (χ1) is 17.6. The summed E-state index contributed by atoms with van der Waals surface area (Å²) in [5.74, 6) is -3.78. The fourth-order valence-corrected chi connectivity index (χ4v) is 1.95. The number of hydrogen-bond acceptors (Lipinski definition) is 8. The van der Waals surface area contributed by atoms with Crippen LogP contribution in [0.15, 0.2) is 121 Å². The molecule has 0 fully saturated rings. The quantitative estimate of drug-likeness (QED) is 0.0938. The normalized spacial score (nSPS) is 12.6. The minimum atomic E-state index is -1.25. The van der Waals surface area contributed by atoms with Gasteiger partial charge in [0.15, 0.2) is 11.5 Å². The Bertz CT molecular complexity index is 1220. The summed E-state index contributed by atoms with van der Waals surface area (Å²) in [6.45, 7) is 24.6. The summed E-state index contributed by atoms with van der Waals surface area (Å²) in [5, 5.41) is 0. The van der Waals surface area contributed by atoms with Crippen LogP contribution in [0.5, 0.6) is 0 Å². The van der Waals surface area contributed by atoms with E-state index >= 15 is 0 Å². The van der Waals surface area contributed by atoms with Crippen LogP contribution in [0.25, 0.3) is 0 Å². The lowest BCUT2D eigenvalue weighted by Crippen LogP contribution is -2.10. The molecule has 0 N–H and O–H groups in total. The first kappa shape index (κ1) is 33.2. The van der Waals surface area contributed by atoms with E-state index < -0.39 is 29.9 Å². The van der Waals surface area contributed by atoms with Crippen molar-refractivity contribution in [2.45, 2.75) is 34.6 Å². The molecule has 202 valence electrons. The fraction of sp³-hybridized carbons (Fsp3) is 0.172. The summed E-state index contributed by atoms with van der Waals surface area (Å²) < 4.78 is 34.1. The fourth-order valence-electron chi connectivity index (χ4n) is 1.95. The maximum atomic E-state index is 14.1. The number of ether oxygens (including phenoxy) is 4. The van der Waals surface area contributed by atoms with Crippen LogP contribution in [0.4, 0.5) is 4.39 Å². The lowest BCUT2D eigenvalue weighted by molar-refractivity contribution is -0.138. The standard InChI is InChI=1S/C29H31FO8/c1-11-23(36-27(32)18(4)5)24(37-28(33)19(6)7)16-21(10)22(14-15-35-26(31)17(2)3)12-13-25(30)38-29(34)20(8)9/h11-16H,1-2,4,6,8H2,3,5,7,9-10H3/b15-14+,21-16+,22-12+,24-23-,25-13+. The number of carbonyl (C=O) groups excluding carboxylic acids is 4. The molecule has 9 heteroatoms. The molecule has 38 heavy (non-hydrogen) atoms. The molecule has 8 nitrogen and oxygen atoms in total. The van der Waals surface area contributed by atoms with E-state index in [0.29, 0.717) is 0 Å². The summed E-state index contributed by atoms with van der Waals surface area (Å²) >= 11 is 0. The molecular formula is C29H31FO8. The molecular weight excluding hydrogens is 495 g/mol. The first-order valence-electron chi connectivity index (χ1n) is 10.9. The summed E-state index contributed by atoms with van der Waals surface area (Å²) in [5.41, 5.74) is 0.726. The molecule has 0 aromatic rings. The highest BCUT2D eigenvalue weighted by Crippen LogP contribution is 2.21. The second-order valence-electron chi connectivity index (χ2n) is 7.85. The summed E-state index contributed by atoms with van der Waals surface area (Å²) in [6, 6.07) is -1.25. The average Bonchev–Trinajstić information content (AvgIpc) is 2.83. The van der Waals surface area contributed by atoms with Crippen molar-refractivity contribution < 1.29 is 42.5 Å². The van der Waals surface area contributed by atoms with Crippen molar-refractivity contribution in [2.75, 3.05) is 0 Å². The molecule has 0 atom stereocenters. The Morgan fingerprint density at radius 1 is 0.658 bits per heavy atom. The molecule has 0 aromatic heterocycles. The van der Waals surface area contributed by atoms with Gasteiger partial charge < -0.3 is 18.9 Å². The van der Waals surface area contributed by atoms with Gasteiger partial charge in [-0.3, -0.25) is 0 Å². The van der Waals surface area contributed by atoms with Gasteiger partial charge in [-0.2, -0.15) is 4.39 Å². The molecule has 0 bridgehead atoms. The van der Waals surface area contributed by atoms with Crippen LogP contribution in [0.2, 0.25) is 0 Å². The van der Waals surface area contributed by atoms with Crippen molar-refractivity contribution in [2.24, 2.45) is 0 Å². The van der Waals surface area contributed by atoms with Crippen LogP contribution in [-0.2, 0) is 38.1 Å². The van der Waals surface area contributed by atoms with Crippen LogP contribution >= 0.6 is 0 Å². The number of rotatable bonds is 13. The van der Waals surface area contributed by atoms with Gasteiger partial charge in [0, 0.05) is 28.4 Å². The molecule has 0 aromatic carbocycles. The zero-order valence-electron chi connectivity index (χ0n) is 22.1. The van der Waals surface area contributed by atoms with E-state index in [-0.39, 0.29) is 45.0 Å². The van der Waals surface area contributed by atoms with Gasteiger partial charge in [0.05, 0.1) is 6.26 Å². The predicted molar refractivity (Wildman–Crippen MR) is 141 cm³/mol. The van der Waals surface area contributed by atoms with Crippen LogP contribution in [0.1, 0.15) is 34.6 Å². The average molecular weight is 527 g/mol. The van der Waals surface area contributed by atoms with Gasteiger partial charge in [0.1, 0.15) is 0 Å². The third-order valence-electron chi connectivity index (χ3n) is 4.04. The van der Waals surface area contributed by atoms with Gasteiger partial charge in [0.25, 0.3) is 6.01 Å². The number of hydrogen-bond donors (Lipinski definition) is 0. The van der Waals surface area contributed by atoms with Crippen molar-refractivity contribution in [1.82, 2.24) is 0 Å². The molecule has 0 spiro atoms. The molecule has 0 heterocycles. The third-order valence-corrected chi connectivity index (χ3v) is 4.04. The third kappa shape index (κ3) is 12.3. The lowest BCUT2D eigenvalue weighted by atomic mass is 10.1. The van der Waals surface area contributed by atoms with E-state index in [1.165, 1.54) is 52.8 Å². The summed E-state index contributed by atoms with van der Waals surface area (Å²) in [7, 11) is 0. The van der Waals surface area contributed by atoms with Crippen LogP contribution in [0, 0.1) is 0 Å². The van der Waals surface area contributed by atoms with E-state index in [9.17, 15) is 23.6 Å². The molecule has 0 unspecified atom stereocenters. The molecule has 0 saturated heterocycles. The number of carbonyl (C=O) groups is 4. The minimum Gasteiger partial charge on any atom is -0.431 e. The second kappa shape index (κ2) is 16.1. The smallest absolute Gasteiger partial charge is 0.340 e. The summed E-state index contributed by atoms with van der Waals surface area (Å²) in [4.78, 5) is 47.6. The lowest BCUT2D eigenvalue weighted by Gasteiger charge is -2.12. The van der Waals surface area contributed by atoms with Crippen LogP contribution in [-0.4, -0.2) is 23.9 Å². The van der Waals surface area contributed by atoms with E-state index in [1.807, 2.05) is 0 Å². The zero-order valence-corrected chi connectivity index (χ0v) is 22.1. The summed E-state index contributed by atoms with van der Waals surface area (Å²) in [6.07, 6.45) is 6.73. The first-order valence-corrected chi connectivity index (χ1v) is 10.9. The van der Waals surface area contributed by atoms with Crippen molar-refractivity contribution in [1.29, 1.82) is 0 Å². The van der Waals surface area contributed by atoms with Crippen molar-refractivity contribution >= 4 is 23.9 Å². The maximum absolute atomic E-state index is 14.1. The highest BCUT2D eigenvalue weighted by Gasteiger charge is 2.16. The topological polar surface area (TPSA) is 105 Å². The van der Waals surface area contributed by atoms with Crippen LogP contribution < -0.4 is 0 Å². The molecule has 0 amide bonds. The largest absolute Gasteiger partial charge is 0.431 e. The SMILES string of the molecule is C=C/C(OC(=O)C(=C)C)=C(\C=C(/C)C(=C/C=C(\F)OC(=O)C(=C)C)/C=C/OC(=O)C(=C)C)OC(=O)C(=C)C. The Kier molecular flexibility index (Phi) is 14.0. The Balaban J connectivity index is 6.77. The van der Waals surface area contributed by atoms with E-state index in [2.05, 4.69) is 37.6 Å². The molecule has 0 aliphatic heterocycles. The van der Waals surface area contributed by atoms with Crippen molar-refractivity contribution in [3.63, 3.8) is 0 Å². The minimum absolute atomic E-state index is 0.0178. The Morgan fingerprint density at radius 2 is 1.11 bits per heavy atom. The van der Waals surface area contributed by atoms with Gasteiger partial charge in [-0.05, 0) is 70.1 Å². The van der Waals surface area contributed by atoms with E-state index in [0.717, 1.165) is 18.4 Å². The highest BCUT2D eigenvalue weighted by atomic mass is 19.1. The van der Waals surface area contributed by atoms with Crippen LogP contribution in [0.3, 0.4) is 0 Å². The predicted octanol–water partition coefficient (Wildman–Crippen LogP) is 6.06. The van der Waals surface area contributed by atoms with Gasteiger partial charge in [-0.15, -0.1) is 0 Å². The molecule has 0 rings (SSSR count). The zero-order chi connectivity index (χ0) is 29.6. The van der Waals surface area contributed by atoms with Gasteiger partial charge in [-0.1, -0.05) is 32.9 Å². The monoisotopic (exact) mass is 526 g/mol. The molecule has 0 aliphatic rings. The molecule has 0 saturated carbocycles. The highest BCUT2D eigenvalue weighted by molar-refractivity contribution is 5.89. The molecule has 0 aliphatic carbocycles. The molecule has 0 radical (unpaired) electrons. The number of halogens is 1. The van der Waals surface area contributed by atoms with Gasteiger partial charge in [0.2, 0.25) is 0 Å². The van der Waals surface area contributed by atoms with E-state index in [1.54, 1.807) is 0 Å². The van der Waals surface area contributed by atoms with Gasteiger partial charge in [-0.25, -0.2) is 19.2 Å². The van der Waals surface area contributed by atoms with Gasteiger partial charge >= 0.3 is 23.9 Å². The second-order valence-corrected chi connectivity index (χ2v) is 7.85. The Labute approximate surface area is 221 Å². The Hall–Kier alpha value is -4.79. The number of esters is 4. The van der Waals surface area contributed by atoms with Crippen molar-refractivity contribution in [3.8, 4) is 0 Å². The van der Waals surface area contributed by atoms with E-state index in [4.69, 9.17) is 14.2 Å². The van der Waals surface area contributed by atoms with Crippen molar-refractivity contribution in [3.05, 3.63) is 121 Å². The Morgan fingerprint density at radius 3 is 1.55 bits per heavy atom. The number of allylic oxidation sites excluding steroid dienone is 7. The maximum Gasteiger partial charge on any atom is 0.340 e.